The summed E-state index contributed by atoms with van der Waals surface area (Å²) in [4.78, 5) is 42.0. The fraction of sp³-hybridized carbons (Fsp3) is 0.348. The van der Waals surface area contributed by atoms with Gasteiger partial charge in [0, 0.05) is 31.9 Å². The lowest BCUT2D eigenvalue weighted by atomic mass is 9.92. The maximum atomic E-state index is 13.7. The molecule has 2 saturated heterocycles. The number of benzene rings is 2. The van der Waals surface area contributed by atoms with E-state index in [1.165, 1.54) is 24.0 Å². The largest absolute Gasteiger partial charge is 0.416 e. The molecule has 4 amide bonds. The molecule has 0 saturated carbocycles. The summed E-state index contributed by atoms with van der Waals surface area (Å²) in [5.74, 6) is -3.60. The highest BCUT2D eigenvalue weighted by Gasteiger charge is 2.50. The van der Waals surface area contributed by atoms with Crippen molar-refractivity contribution in [2.24, 2.45) is 0 Å². The summed E-state index contributed by atoms with van der Waals surface area (Å²) in [6, 6.07) is 6.88. The van der Waals surface area contributed by atoms with Gasteiger partial charge in [0.1, 0.15) is 12.1 Å². The Kier molecular flexibility index (Phi) is 6.16. The number of carbonyl (C=O) groups excluding carboxylic acids is 3. The third-order valence-corrected chi connectivity index (χ3v) is 6.24. The van der Waals surface area contributed by atoms with Gasteiger partial charge in [-0.1, -0.05) is 12.1 Å². The van der Waals surface area contributed by atoms with Gasteiger partial charge >= 0.3 is 12.2 Å². The van der Waals surface area contributed by atoms with E-state index in [9.17, 15) is 36.3 Å². The lowest BCUT2D eigenvalue weighted by Gasteiger charge is -2.36. The molecule has 4 rings (SSSR count). The Hall–Kier alpha value is -3.70. The van der Waals surface area contributed by atoms with Gasteiger partial charge in [0.25, 0.3) is 5.91 Å². The van der Waals surface area contributed by atoms with Crippen LogP contribution < -0.4 is 10.2 Å². The van der Waals surface area contributed by atoms with E-state index in [1.54, 1.807) is 11.0 Å². The summed E-state index contributed by atoms with van der Waals surface area (Å²) in [5, 5.41) is 2.42. The van der Waals surface area contributed by atoms with Crippen LogP contribution in [0.3, 0.4) is 0 Å². The molecule has 2 heterocycles. The quantitative estimate of drug-likeness (QED) is 0.522. The second-order valence-electron chi connectivity index (χ2n) is 8.49. The average molecular weight is 496 g/mol. The minimum absolute atomic E-state index is 0.0272. The molecular weight excluding hydrogens is 475 g/mol. The topological polar surface area (TPSA) is 73.0 Å². The number of amides is 4. The normalized spacial score (nSPS) is 20.9. The zero-order valence-electron chi connectivity index (χ0n) is 18.5. The zero-order valence-corrected chi connectivity index (χ0v) is 18.5. The van der Waals surface area contributed by atoms with Crippen LogP contribution in [0.5, 0.6) is 0 Å². The smallest absolute Gasteiger partial charge is 0.368 e. The van der Waals surface area contributed by atoms with Crippen LogP contribution in [0.4, 0.5) is 32.4 Å². The van der Waals surface area contributed by atoms with E-state index in [0.717, 1.165) is 24.3 Å². The maximum Gasteiger partial charge on any atom is 0.416 e. The van der Waals surface area contributed by atoms with Gasteiger partial charge in [0.05, 0.1) is 5.56 Å². The molecule has 2 aromatic rings. The number of alkyl halides is 3. The number of piperazine rings is 1. The first-order valence-corrected chi connectivity index (χ1v) is 10.7. The molecule has 1 unspecified atom stereocenters. The van der Waals surface area contributed by atoms with Gasteiger partial charge in [-0.25, -0.2) is 13.6 Å². The summed E-state index contributed by atoms with van der Waals surface area (Å²) in [5.41, 5.74) is -2.03. The van der Waals surface area contributed by atoms with Crippen LogP contribution in [0.1, 0.15) is 18.1 Å². The van der Waals surface area contributed by atoms with Crippen molar-refractivity contribution in [1.29, 1.82) is 0 Å². The lowest BCUT2D eigenvalue weighted by Crippen LogP contribution is -2.52. The number of hydrogen-bond donors (Lipinski definition) is 1. The molecule has 2 aromatic carbocycles. The second-order valence-corrected chi connectivity index (χ2v) is 8.49. The highest BCUT2D eigenvalue weighted by molar-refractivity contribution is 6.09. The van der Waals surface area contributed by atoms with Gasteiger partial charge < -0.3 is 15.1 Å². The summed E-state index contributed by atoms with van der Waals surface area (Å²) in [6.07, 6.45) is -4.47. The fourth-order valence-corrected chi connectivity index (χ4v) is 4.17. The molecule has 2 aliphatic heterocycles. The van der Waals surface area contributed by atoms with Crippen LogP contribution >= 0.6 is 0 Å². The Morgan fingerprint density at radius 2 is 1.69 bits per heavy atom. The number of anilines is 1. The molecular formula is C23H21F5N4O3. The van der Waals surface area contributed by atoms with E-state index in [4.69, 9.17) is 0 Å². The highest BCUT2D eigenvalue weighted by atomic mass is 19.4. The molecule has 0 aliphatic carbocycles. The zero-order chi connectivity index (χ0) is 25.5. The molecule has 35 heavy (non-hydrogen) atoms. The van der Waals surface area contributed by atoms with Gasteiger partial charge in [-0.2, -0.15) is 13.2 Å². The minimum atomic E-state index is -4.47. The molecule has 1 atom stereocenters. The summed E-state index contributed by atoms with van der Waals surface area (Å²) >= 11 is 0. The molecule has 0 radical (unpaired) electrons. The Morgan fingerprint density at radius 1 is 1.00 bits per heavy atom. The standard InChI is InChI=1S/C23H21F5N4O3/c1-22(14-5-6-17(24)18(25)12-14)20(34)32(21(35)29-22)13-19(33)31-9-7-30(8-10-31)16-4-2-3-15(11-16)23(26,27)28/h2-6,11-12H,7-10,13H2,1H3,(H,29,35). The number of rotatable bonds is 4. The SMILES string of the molecule is CC1(c2ccc(F)c(F)c2)NC(=O)N(CC(=O)N2CCN(c3cccc(C(F)(F)F)c3)CC2)C1=O. The van der Waals surface area contributed by atoms with E-state index >= 15 is 0 Å². The first-order valence-electron chi connectivity index (χ1n) is 10.7. The number of carbonyl (C=O) groups is 3. The molecule has 2 fully saturated rings. The van der Waals surface area contributed by atoms with Crippen LogP contribution in [-0.2, 0) is 21.3 Å². The van der Waals surface area contributed by atoms with Crippen LogP contribution in [0, 0.1) is 11.6 Å². The van der Waals surface area contributed by atoms with Crippen molar-refractivity contribution in [3.05, 3.63) is 65.2 Å². The van der Waals surface area contributed by atoms with Crippen molar-refractivity contribution in [3.8, 4) is 0 Å². The average Bonchev–Trinajstić information content (AvgIpc) is 3.04. The van der Waals surface area contributed by atoms with Crippen molar-refractivity contribution < 1.29 is 36.3 Å². The Labute approximate surface area is 197 Å². The van der Waals surface area contributed by atoms with Crippen molar-refractivity contribution in [3.63, 3.8) is 0 Å². The van der Waals surface area contributed by atoms with Crippen LogP contribution in [-0.4, -0.2) is 60.4 Å². The molecule has 7 nitrogen and oxygen atoms in total. The molecule has 1 N–H and O–H groups in total. The predicted octanol–water partition coefficient (Wildman–Crippen LogP) is 3.10. The van der Waals surface area contributed by atoms with E-state index in [-0.39, 0.29) is 31.7 Å². The maximum absolute atomic E-state index is 13.7. The van der Waals surface area contributed by atoms with Gasteiger partial charge in [-0.05, 0) is 42.8 Å². The number of nitrogens with one attached hydrogen (secondary N) is 1. The van der Waals surface area contributed by atoms with E-state index in [1.807, 2.05) is 0 Å². The fourth-order valence-electron chi connectivity index (χ4n) is 4.17. The van der Waals surface area contributed by atoms with Gasteiger partial charge in [0.2, 0.25) is 5.91 Å². The third-order valence-electron chi connectivity index (χ3n) is 6.24. The van der Waals surface area contributed by atoms with Crippen molar-refractivity contribution >= 4 is 23.5 Å². The van der Waals surface area contributed by atoms with Gasteiger partial charge in [0.15, 0.2) is 11.6 Å². The molecule has 0 spiro atoms. The molecule has 12 heteroatoms. The third kappa shape index (κ3) is 4.64. The second kappa shape index (κ2) is 8.82. The monoisotopic (exact) mass is 496 g/mol. The van der Waals surface area contributed by atoms with Crippen molar-refractivity contribution in [1.82, 2.24) is 15.1 Å². The summed E-state index contributed by atoms with van der Waals surface area (Å²) in [7, 11) is 0. The Balaban J connectivity index is 1.40. The molecule has 0 aromatic heterocycles. The van der Waals surface area contributed by atoms with Crippen LogP contribution in [0.25, 0.3) is 0 Å². The Bertz CT molecular complexity index is 1180. The van der Waals surface area contributed by atoms with Gasteiger partial charge in [-0.15, -0.1) is 0 Å². The van der Waals surface area contributed by atoms with Crippen LogP contribution in [0.15, 0.2) is 42.5 Å². The Morgan fingerprint density at radius 3 is 2.31 bits per heavy atom. The highest BCUT2D eigenvalue weighted by Crippen LogP contribution is 2.32. The van der Waals surface area contributed by atoms with Crippen molar-refractivity contribution in [2.75, 3.05) is 37.6 Å². The van der Waals surface area contributed by atoms with E-state index in [0.29, 0.717) is 10.6 Å². The number of hydrogen-bond acceptors (Lipinski definition) is 4. The minimum Gasteiger partial charge on any atom is -0.368 e. The van der Waals surface area contributed by atoms with Gasteiger partial charge in [-0.3, -0.25) is 14.5 Å². The number of halogens is 5. The van der Waals surface area contributed by atoms with Crippen LogP contribution in [0.2, 0.25) is 0 Å². The lowest BCUT2D eigenvalue weighted by molar-refractivity contribution is -0.139. The summed E-state index contributed by atoms with van der Waals surface area (Å²) in [6.45, 7) is 1.66. The van der Waals surface area contributed by atoms with E-state index in [2.05, 4.69) is 5.32 Å². The number of urea groups is 1. The summed E-state index contributed by atoms with van der Waals surface area (Å²) < 4.78 is 65.9. The molecule has 2 aliphatic rings. The number of nitrogens with zero attached hydrogens (tertiary/aromatic N) is 3. The van der Waals surface area contributed by atoms with E-state index < -0.39 is 53.3 Å². The first kappa shape index (κ1) is 24.4. The molecule has 186 valence electrons. The predicted molar refractivity (Wildman–Crippen MR) is 114 cm³/mol. The number of imide groups is 1. The molecule has 0 bridgehead atoms. The van der Waals surface area contributed by atoms with Crippen molar-refractivity contribution in [2.45, 2.75) is 18.6 Å². The first-order chi connectivity index (χ1) is 16.4.